The minimum Gasteiger partial charge on any atom is -0.306 e. The molecule has 2 rings (SSSR count). The second-order valence-electron chi connectivity index (χ2n) is 4.32. The molecular formula is C15H14Cl2FN. The van der Waals surface area contributed by atoms with E-state index in [1.165, 1.54) is 6.07 Å². The van der Waals surface area contributed by atoms with Crippen LogP contribution in [0.2, 0.25) is 10.0 Å². The van der Waals surface area contributed by atoms with Gasteiger partial charge in [-0.2, -0.15) is 0 Å². The van der Waals surface area contributed by atoms with Crippen molar-refractivity contribution in [3.63, 3.8) is 0 Å². The Balaban J connectivity index is 2.09. The molecule has 19 heavy (non-hydrogen) atoms. The average Bonchev–Trinajstić information content (AvgIpc) is 2.38. The third kappa shape index (κ3) is 3.47. The average molecular weight is 298 g/mol. The van der Waals surface area contributed by atoms with Crippen molar-refractivity contribution in [2.45, 2.75) is 19.5 Å². The van der Waals surface area contributed by atoms with Gasteiger partial charge in [-0.1, -0.05) is 47.5 Å². The van der Waals surface area contributed by atoms with Crippen LogP contribution < -0.4 is 5.32 Å². The Morgan fingerprint density at radius 3 is 2.42 bits per heavy atom. The molecular weight excluding hydrogens is 284 g/mol. The monoisotopic (exact) mass is 297 g/mol. The zero-order valence-corrected chi connectivity index (χ0v) is 12.0. The highest BCUT2D eigenvalue weighted by molar-refractivity contribution is 6.31. The third-order valence-electron chi connectivity index (χ3n) is 3.02. The van der Waals surface area contributed by atoms with Crippen molar-refractivity contribution < 1.29 is 4.39 Å². The lowest BCUT2D eigenvalue weighted by Gasteiger charge is -2.16. The molecule has 1 nitrogen and oxygen atoms in total. The second kappa shape index (κ2) is 6.38. The Morgan fingerprint density at radius 1 is 1.05 bits per heavy atom. The van der Waals surface area contributed by atoms with E-state index in [2.05, 4.69) is 5.32 Å². The molecule has 0 saturated heterocycles. The molecule has 0 bridgehead atoms. The van der Waals surface area contributed by atoms with E-state index in [0.29, 0.717) is 22.2 Å². The molecule has 0 amide bonds. The number of rotatable bonds is 4. The van der Waals surface area contributed by atoms with E-state index < -0.39 is 0 Å². The Morgan fingerprint density at radius 2 is 1.74 bits per heavy atom. The number of benzene rings is 2. The summed E-state index contributed by atoms with van der Waals surface area (Å²) in [5.74, 6) is -0.300. The van der Waals surface area contributed by atoms with E-state index in [0.717, 1.165) is 5.56 Å². The summed E-state index contributed by atoms with van der Waals surface area (Å²) < 4.78 is 13.6. The normalized spacial score (nSPS) is 12.4. The van der Waals surface area contributed by atoms with Crippen LogP contribution in [0.1, 0.15) is 24.1 Å². The summed E-state index contributed by atoms with van der Waals surface area (Å²) in [6.45, 7) is 2.34. The maximum atomic E-state index is 13.6. The van der Waals surface area contributed by atoms with Crippen LogP contribution in [-0.4, -0.2) is 0 Å². The van der Waals surface area contributed by atoms with Crippen LogP contribution in [0.15, 0.2) is 42.5 Å². The molecule has 0 aliphatic carbocycles. The smallest absolute Gasteiger partial charge is 0.129 e. The molecule has 0 aromatic heterocycles. The van der Waals surface area contributed by atoms with Crippen molar-refractivity contribution >= 4 is 23.2 Å². The molecule has 0 radical (unpaired) electrons. The van der Waals surface area contributed by atoms with Crippen LogP contribution in [0, 0.1) is 5.82 Å². The lowest BCUT2D eigenvalue weighted by atomic mass is 10.1. The molecule has 1 unspecified atom stereocenters. The summed E-state index contributed by atoms with van der Waals surface area (Å²) in [5.41, 5.74) is 1.46. The summed E-state index contributed by atoms with van der Waals surface area (Å²) in [6, 6.07) is 12.3. The van der Waals surface area contributed by atoms with Gasteiger partial charge in [0.25, 0.3) is 0 Å². The Labute approximate surface area is 122 Å². The number of hydrogen-bond donors (Lipinski definition) is 1. The zero-order chi connectivity index (χ0) is 13.8. The first-order valence-corrected chi connectivity index (χ1v) is 6.76. The molecule has 0 saturated carbocycles. The van der Waals surface area contributed by atoms with E-state index in [9.17, 15) is 4.39 Å². The fraction of sp³-hybridized carbons (Fsp3) is 0.200. The molecule has 4 heteroatoms. The molecule has 0 heterocycles. The summed E-state index contributed by atoms with van der Waals surface area (Å²) in [4.78, 5) is 0. The van der Waals surface area contributed by atoms with Gasteiger partial charge in [-0.15, -0.1) is 0 Å². The van der Waals surface area contributed by atoms with Crippen molar-refractivity contribution in [1.82, 2.24) is 5.32 Å². The van der Waals surface area contributed by atoms with Crippen LogP contribution in [0.3, 0.4) is 0 Å². The highest BCUT2D eigenvalue weighted by Crippen LogP contribution is 2.24. The second-order valence-corrected chi connectivity index (χ2v) is 5.14. The van der Waals surface area contributed by atoms with Gasteiger partial charge in [0, 0.05) is 28.2 Å². The van der Waals surface area contributed by atoms with Crippen molar-refractivity contribution in [3.8, 4) is 0 Å². The summed E-state index contributed by atoms with van der Waals surface area (Å²) in [5, 5.41) is 4.35. The van der Waals surface area contributed by atoms with Crippen molar-refractivity contribution in [3.05, 3.63) is 69.5 Å². The van der Waals surface area contributed by atoms with Crippen LogP contribution in [0.25, 0.3) is 0 Å². The highest BCUT2D eigenvalue weighted by Gasteiger charge is 2.11. The molecule has 1 N–H and O–H groups in total. The van der Waals surface area contributed by atoms with Gasteiger partial charge in [-0.3, -0.25) is 0 Å². The number of hydrogen-bond acceptors (Lipinski definition) is 1. The predicted octanol–water partition coefficient (Wildman–Crippen LogP) is 4.98. The van der Waals surface area contributed by atoms with Gasteiger partial charge in [0.15, 0.2) is 0 Å². The molecule has 0 aliphatic rings. The molecule has 1 atom stereocenters. The van der Waals surface area contributed by atoms with E-state index in [1.54, 1.807) is 12.1 Å². The van der Waals surface area contributed by atoms with Crippen molar-refractivity contribution in [2.75, 3.05) is 0 Å². The van der Waals surface area contributed by atoms with E-state index in [4.69, 9.17) is 23.2 Å². The van der Waals surface area contributed by atoms with E-state index >= 15 is 0 Å². The Hall–Kier alpha value is -1.09. The maximum absolute atomic E-state index is 13.6. The van der Waals surface area contributed by atoms with E-state index in [-0.39, 0.29) is 11.9 Å². The van der Waals surface area contributed by atoms with Crippen LogP contribution in [0.4, 0.5) is 4.39 Å². The number of nitrogens with one attached hydrogen (secondary N) is 1. The highest BCUT2D eigenvalue weighted by atomic mass is 35.5. The largest absolute Gasteiger partial charge is 0.306 e. The van der Waals surface area contributed by atoms with Gasteiger partial charge in [0.1, 0.15) is 5.82 Å². The van der Waals surface area contributed by atoms with Gasteiger partial charge in [-0.25, -0.2) is 4.39 Å². The third-order valence-corrected chi connectivity index (χ3v) is 3.72. The molecule has 2 aromatic carbocycles. The first-order valence-electron chi connectivity index (χ1n) is 6.00. The standard InChI is InChI=1S/C15H14Cl2FN/c1-10(11-5-2-3-6-13(11)16)19-9-12-14(17)7-4-8-15(12)18/h2-8,10,19H,9H2,1H3. The lowest BCUT2D eigenvalue weighted by Crippen LogP contribution is -2.19. The summed E-state index contributed by atoms with van der Waals surface area (Å²) in [7, 11) is 0. The van der Waals surface area contributed by atoms with Gasteiger partial charge >= 0.3 is 0 Å². The van der Waals surface area contributed by atoms with Gasteiger partial charge in [0.2, 0.25) is 0 Å². The molecule has 0 spiro atoms. The van der Waals surface area contributed by atoms with Gasteiger partial charge < -0.3 is 5.32 Å². The minimum absolute atomic E-state index is 0.0179. The summed E-state index contributed by atoms with van der Waals surface area (Å²) in [6.07, 6.45) is 0. The Bertz CT molecular complexity index is 552. The fourth-order valence-electron chi connectivity index (χ4n) is 1.89. The van der Waals surface area contributed by atoms with Crippen LogP contribution >= 0.6 is 23.2 Å². The van der Waals surface area contributed by atoms with Crippen LogP contribution in [0.5, 0.6) is 0 Å². The molecule has 0 aliphatic heterocycles. The topological polar surface area (TPSA) is 12.0 Å². The molecule has 0 fully saturated rings. The maximum Gasteiger partial charge on any atom is 0.129 e. The first kappa shape index (κ1) is 14.3. The zero-order valence-electron chi connectivity index (χ0n) is 10.5. The van der Waals surface area contributed by atoms with Crippen LogP contribution in [-0.2, 0) is 6.54 Å². The van der Waals surface area contributed by atoms with E-state index in [1.807, 2.05) is 31.2 Å². The lowest BCUT2D eigenvalue weighted by molar-refractivity contribution is 0.544. The van der Waals surface area contributed by atoms with Crippen molar-refractivity contribution in [1.29, 1.82) is 0 Å². The van der Waals surface area contributed by atoms with Gasteiger partial charge in [-0.05, 0) is 30.7 Å². The molecule has 2 aromatic rings. The fourth-order valence-corrected chi connectivity index (χ4v) is 2.42. The van der Waals surface area contributed by atoms with Crippen molar-refractivity contribution in [2.24, 2.45) is 0 Å². The predicted molar refractivity (Wildman–Crippen MR) is 78.1 cm³/mol. The summed E-state index contributed by atoms with van der Waals surface area (Å²) >= 11 is 12.1. The minimum atomic E-state index is -0.300. The van der Waals surface area contributed by atoms with Gasteiger partial charge in [0.05, 0.1) is 0 Å². The molecule has 100 valence electrons. The first-order chi connectivity index (χ1) is 9.09. The quantitative estimate of drug-likeness (QED) is 0.839. The number of halogens is 3. The SMILES string of the molecule is CC(NCc1c(F)cccc1Cl)c1ccccc1Cl. The Kier molecular flexibility index (Phi) is 4.81.